The molecule has 1 aromatic heterocycles. The number of thioether (sulfide) groups is 1. The number of anilines is 1. The standard InChI is InChI=1S/C24H29N5O3S/c1-5-28(14-22(30)26-19-7-6-8-21(13-19)32-4)23(31)15-33-24-27-25-16-29(24)20-11-9-18(10-12-20)17(2)3/h6-13,16-17H,5,14-15H2,1-4H3,(H,26,30). The number of aromatic nitrogens is 3. The number of amides is 2. The average molecular weight is 468 g/mol. The Bertz CT molecular complexity index is 1080. The Morgan fingerprint density at radius 2 is 1.94 bits per heavy atom. The second-order valence-corrected chi connectivity index (χ2v) is 8.65. The van der Waals surface area contributed by atoms with Crippen molar-refractivity contribution in [1.82, 2.24) is 19.7 Å². The van der Waals surface area contributed by atoms with Crippen molar-refractivity contribution in [2.24, 2.45) is 0 Å². The Kier molecular flexibility index (Phi) is 8.48. The minimum Gasteiger partial charge on any atom is -0.497 e. The summed E-state index contributed by atoms with van der Waals surface area (Å²) in [7, 11) is 1.57. The van der Waals surface area contributed by atoms with Crippen molar-refractivity contribution in [3.63, 3.8) is 0 Å². The molecule has 2 amide bonds. The Morgan fingerprint density at radius 1 is 1.18 bits per heavy atom. The van der Waals surface area contributed by atoms with E-state index >= 15 is 0 Å². The first kappa shape index (κ1) is 24.3. The number of nitrogens with one attached hydrogen (secondary N) is 1. The number of carbonyl (C=O) groups excluding carboxylic acids is 2. The normalized spacial score (nSPS) is 10.8. The third-order valence-corrected chi connectivity index (χ3v) is 6.03. The zero-order chi connectivity index (χ0) is 23.8. The molecular formula is C24H29N5O3S. The van der Waals surface area contributed by atoms with Crippen LogP contribution in [0.4, 0.5) is 5.69 Å². The quantitative estimate of drug-likeness (QED) is 0.454. The van der Waals surface area contributed by atoms with Crippen molar-refractivity contribution in [3.8, 4) is 11.4 Å². The molecule has 2 aromatic carbocycles. The zero-order valence-electron chi connectivity index (χ0n) is 19.3. The lowest BCUT2D eigenvalue weighted by molar-refractivity contribution is -0.132. The predicted octanol–water partition coefficient (Wildman–Crippen LogP) is 3.98. The second kappa shape index (κ2) is 11.5. The smallest absolute Gasteiger partial charge is 0.243 e. The van der Waals surface area contributed by atoms with E-state index in [9.17, 15) is 9.59 Å². The summed E-state index contributed by atoms with van der Waals surface area (Å²) in [5.41, 5.74) is 2.81. The highest BCUT2D eigenvalue weighted by atomic mass is 32.2. The van der Waals surface area contributed by atoms with Gasteiger partial charge in [0, 0.05) is 24.0 Å². The van der Waals surface area contributed by atoms with Crippen LogP contribution in [0.1, 0.15) is 32.3 Å². The van der Waals surface area contributed by atoms with Gasteiger partial charge in [0.15, 0.2) is 5.16 Å². The maximum absolute atomic E-state index is 12.8. The van der Waals surface area contributed by atoms with E-state index in [1.807, 2.05) is 23.6 Å². The summed E-state index contributed by atoms with van der Waals surface area (Å²) in [6, 6.07) is 15.3. The van der Waals surface area contributed by atoms with Crippen LogP contribution >= 0.6 is 11.8 Å². The third kappa shape index (κ3) is 6.58. The molecule has 9 heteroatoms. The number of likely N-dealkylation sites (N-methyl/N-ethyl adjacent to an activating group) is 1. The van der Waals surface area contributed by atoms with Gasteiger partial charge in [0.05, 0.1) is 19.4 Å². The molecule has 0 saturated carbocycles. The lowest BCUT2D eigenvalue weighted by atomic mass is 10.0. The number of benzene rings is 2. The monoisotopic (exact) mass is 467 g/mol. The predicted molar refractivity (Wildman–Crippen MR) is 130 cm³/mol. The van der Waals surface area contributed by atoms with Gasteiger partial charge in [0.1, 0.15) is 12.1 Å². The molecule has 3 rings (SSSR count). The highest BCUT2D eigenvalue weighted by Crippen LogP contribution is 2.22. The molecule has 0 saturated heterocycles. The Labute approximate surface area is 198 Å². The van der Waals surface area contributed by atoms with Gasteiger partial charge in [-0.1, -0.05) is 43.8 Å². The lowest BCUT2D eigenvalue weighted by Crippen LogP contribution is -2.38. The molecule has 0 fully saturated rings. The van der Waals surface area contributed by atoms with Crippen molar-refractivity contribution >= 4 is 29.3 Å². The molecule has 0 radical (unpaired) electrons. The molecule has 3 aromatic rings. The van der Waals surface area contributed by atoms with E-state index in [1.54, 1.807) is 37.7 Å². The third-order valence-electron chi connectivity index (χ3n) is 5.10. The molecule has 0 unspecified atom stereocenters. The molecule has 33 heavy (non-hydrogen) atoms. The van der Waals surface area contributed by atoms with Crippen LogP contribution in [0, 0.1) is 0 Å². The summed E-state index contributed by atoms with van der Waals surface area (Å²) in [6.07, 6.45) is 1.64. The highest BCUT2D eigenvalue weighted by molar-refractivity contribution is 7.99. The van der Waals surface area contributed by atoms with E-state index in [0.29, 0.717) is 29.1 Å². The van der Waals surface area contributed by atoms with Crippen LogP contribution in [0.3, 0.4) is 0 Å². The largest absolute Gasteiger partial charge is 0.497 e. The van der Waals surface area contributed by atoms with Crippen LogP contribution in [0.15, 0.2) is 60.0 Å². The number of rotatable bonds is 10. The molecule has 8 nitrogen and oxygen atoms in total. The Balaban J connectivity index is 1.58. The van der Waals surface area contributed by atoms with Gasteiger partial charge in [0.2, 0.25) is 11.8 Å². The van der Waals surface area contributed by atoms with Gasteiger partial charge in [0.25, 0.3) is 0 Å². The highest BCUT2D eigenvalue weighted by Gasteiger charge is 2.18. The van der Waals surface area contributed by atoms with E-state index in [2.05, 4.69) is 41.5 Å². The summed E-state index contributed by atoms with van der Waals surface area (Å²) in [5.74, 6) is 0.844. The summed E-state index contributed by atoms with van der Waals surface area (Å²) in [4.78, 5) is 26.7. The van der Waals surface area contributed by atoms with E-state index < -0.39 is 0 Å². The van der Waals surface area contributed by atoms with E-state index in [4.69, 9.17) is 4.74 Å². The van der Waals surface area contributed by atoms with Crippen molar-refractivity contribution in [2.75, 3.05) is 31.3 Å². The molecule has 0 aliphatic heterocycles. The number of methoxy groups -OCH3 is 1. The number of ether oxygens (including phenoxy) is 1. The van der Waals surface area contributed by atoms with Crippen molar-refractivity contribution in [2.45, 2.75) is 31.8 Å². The molecule has 0 atom stereocenters. The first-order valence-electron chi connectivity index (χ1n) is 10.8. The van der Waals surface area contributed by atoms with Crippen molar-refractivity contribution in [3.05, 3.63) is 60.4 Å². The van der Waals surface area contributed by atoms with Crippen LogP contribution in [-0.4, -0.2) is 57.4 Å². The molecule has 0 aliphatic rings. The van der Waals surface area contributed by atoms with Crippen LogP contribution in [-0.2, 0) is 9.59 Å². The minimum absolute atomic E-state index is 0.0313. The van der Waals surface area contributed by atoms with Crippen molar-refractivity contribution < 1.29 is 14.3 Å². The van der Waals surface area contributed by atoms with Gasteiger partial charge in [-0.2, -0.15) is 0 Å². The fourth-order valence-electron chi connectivity index (χ4n) is 3.19. The fraction of sp³-hybridized carbons (Fsp3) is 0.333. The molecule has 0 aliphatic carbocycles. The van der Waals surface area contributed by atoms with Gasteiger partial charge in [-0.15, -0.1) is 10.2 Å². The average Bonchev–Trinajstić information content (AvgIpc) is 3.29. The topological polar surface area (TPSA) is 89.3 Å². The molecule has 0 bridgehead atoms. The first-order valence-corrected chi connectivity index (χ1v) is 11.7. The van der Waals surface area contributed by atoms with E-state index in [1.165, 1.54) is 22.2 Å². The molecule has 174 valence electrons. The van der Waals surface area contributed by atoms with Crippen LogP contribution in [0.25, 0.3) is 5.69 Å². The summed E-state index contributed by atoms with van der Waals surface area (Å²) in [5, 5.41) is 11.6. The van der Waals surface area contributed by atoms with Crippen LogP contribution in [0.2, 0.25) is 0 Å². The first-order chi connectivity index (χ1) is 15.9. The van der Waals surface area contributed by atoms with Crippen LogP contribution < -0.4 is 10.1 Å². The van der Waals surface area contributed by atoms with E-state index in [-0.39, 0.29) is 24.1 Å². The van der Waals surface area contributed by atoms with Gasteiger partial charge in [-0.05, 0) is 42.7 Å². The zero-order valence-corrected chi connectivity index (χ0v) is 20.1. The minimum atomic E-state index is -0.267. The number of carbonyl (C=O) groups is 2. The fourth-order valence-corrected chi connectivity index (χ4v) is 4.02. The number of nitrogens with zero attached hydrogens (tertiary/aromatic N) is 4. The maximum Gasteiger partial charge on any atom is 0.243 e. The van der Waals surface area contributed by atoms with Crippen LogP contribution in [0.5, 0.6) is 5.75 Å². The number of hydrogen-bond donors (Lipinski definition) is 1. The number of hydrogen-bond acceptors (Lipinski definition) is 6. The van der Waals surface area contributed by atoms with Gasteiger partial charge < -0.3 is 15.0 Å². The maximum atomic E-state index is 12.8. The lowest BCUT2D eigenvalue weighted by Gasteiger charge is -2.20. The summed E-state index contributed by atoms with van der Waals surface area (Å²) in [6.45, 7) is 6.54. The SMILES string of the molecule is CCN(CC(=O)Nc1cccc(OC)c1)C(=O)CSc1nncn1-c1ccc(C(C)C)cc1. The second-order valence-electron chi connectivity index (χ2n) is 7.71. The van der Waals surface area contributed by atoms with Gasteiger partial charge in [-0.25, -0.2) is 0 Å². The Hall–Kier alpha value is -3.33. The van der Waals surface area contributed by atoms with E-state index in [0.717, 1.165) is 5.69 Å². The molecular weight excluding hydrogens is 438 g/mol. The van der Waals surface area contributed by atoms with Crippen molar-refractivity contribution in [1.29, 1.82) is 0 Å². The molecule has 1 N–H and O–H groups in total. The molecule has 1 heterocycles. The summed E-state index contributed by atoms with van der Waals surface area (Å²) >= 11 is 1.30. The van der Waals surface area contributed by atoms with Gasteiger partial charge >= 0.3 is 0 Å². The molecule has 0 spiro atoms. The van der Waals surface area contributed by atoms with Gasteiger partial charge in [-0.3, -0.25) is 14.2 Å². The Morgan fingerprint density at radius 3 is 2.61 bits per heavy atom. The summed E-state index contributed by atoms with van der Waals surface area (Å²) < 4.78 is 7.03.